The second kappa shape index (κ2) is 6.38. The van der Waals surface area contributed by atoms with Gasteiger partial charge in [0, 0.05) is 5.69 Å². The summed E-state index contributed by atoms with van der Waals surface area (Å²) in [7, 11) is 0. The number of rotatable bonds is 4. The third-order valence-electron chi connectivity index (χ3n) is 2.51. The maximum absolute atomic E-state index is 11.7. The minimum Gasteiger partial charge on any atom is -0.444 e. The van der Waals surface area contributed by atoms with Crippen molar-refractivity contribution >= 4 is 33.4 Å². The SMILES string of the molecule is Cc1cccc(NC(=O)CNC(=O)c2ccc(Br)o2)c1. The summed E-state index contributed by atoms with van der Waals surface area (Å²) < 4.78 is 5.55. The Kier molecular flexibility index (Phi) is 4.57. The van der Waals surface area contributed by atoms with E-state index < -0.39 is 5.91 Å². The van der Waals surface area contributed by atoms with Crippen molar-refractivity contribution < 1.29 is 14.0 Å². The molecule has 5 nitrogen and oxygen atoms in total. The predicted molar refractivity (Wildman–Crippen MR) is 78.5 cm³/mol. The molecule has 0 aliphatic rings. The highest BCUT2D eigenvalue weighted by Crippen LogP contribution is 2.13. The highest BCUT2D eigenvalue weighted by Gasteiger charge is 2.11. The summed E-state index contributed by atoms with van der Waals surface area (Å²) in [5.74, 6) is -0.579. The molecular weight excluding hydrogens is 324 g/mol. The third kappa shape index (κ3) is 3.96. The van der Waals surface area contributed by atoms with Crippen molar-refractivity contribution in [1.82, 2.24) is 5.32 Å². The molecule has 0 radical (unpaired) electrons. The van der Waals surface area contributed by atoms with E-state index in [2.05, 4.69) is 26.6 Å². The number of anilines is 1. The fraction of sp³-hybridized carbons (Fsp3) is 0.143. The average molecular weight is 337 g/mol. The van der Waals surface area contributed by atoms with Crippen LogP contribution in [-0.4, -0.2) is 18.4 Å². The van der Waals surface area contributed by atoms with E-state index in [-0.39, 0.29) is 18.2 Å². The maximum atomic E-state index is 11.7. The lowest BCUT2D eigenvalue weighted by Crippen LogP contribution is -2.32. The quantitative estimate of drug-likeness (QED) is 0.901. The Labute approximate surface area is 124 Å². The predicted octanol–water partition coefficient (Wildman–Crippen LogP) is 2.72. The highest BCUT2D eigenvalue weighted by atomic mass is 79.9. The van der Waals surface area contributed by atoms with Gasteiger partial charge in [0.05, 0.1) is 6.54 Å². The number of carbonyl (C=O) groups excluding carboxylic acids is 2. The summed E-state index contributed by atoms with van der Waals surface area (Å²) in [5, 5.41) is 5.18. The zero-order chi connectivity index (χ0) is 14.5. The van der Waals surface area contributed by atoms with Gasteiger partial charge in [0.1, 0.15) is 0 Å². The van der Waals surface area contributed by atoms with Gasteiger partial charge in [-0.2, -0.15) is 0 Å². The summed E-state index contributed by atoms with van der Waals surface area (Å²) in [4.78, 5) is 23.4. The first-order valence-electron chi connectivity index (χ1n) is 5.94. The molecule has 0 aliphatic carbocycles. The molecule has 0 fully saturated rings. The summed E-state index contributed by atoms with van der Waals surface area (Å²) in [6, 6.07) is 10.6. The molecule has 0 spiro atoms. The molecule has 0 atom stereocenters. The Hall–Kier alpha value is -2.08. The number of carbonyl (C=O) groups is 2. The molecule has 2 amide bonds. The van der Waals surface area contributed by atoms with E-state index >= 15 is 0 Å². The molecule has 1 heterocycles. The summed E-state index contributed by atoms with van der Waals surface area (Å²) in [5.41, 5.74) is 1.75. The molecule has 1 aromatic carbocycles. The maximum Gasteiger partial charge on any atom is 0.287 e. The van der Waals surface area contributed by atoms with Crippen molar-refractivity contribution in [3.05, 3.63) is 52.4 Å². The van der Waals surface area contributed by atoms with Crippen LogP contribution >= 0.6 is 15.9 Å². The van der Waals surface area contributed by atoms with Gasteiger partial charge < -0.3 is 15.1 Å². The van der Waals surface area contributed by atoms with Crippen LogP contribution in [0, 0.1) is 6.92 Å². The van der Waals surface area contributed by atoms with Crippen molar-refractivity contribution in [2.75, 3.05) is 11.9 Å². The Balaban J connectivity index is 1.85. The van der Waals surface area contributed by atoms with Crippen molar-refractivity contribution in [2.45, 2.75) is 6.92 Å². The van der Waals surface area contributed by atoms with Crippen LogP contribution < -0.4 is 10.6 Å². The normalized spacial score (nSPS) is 10.1. The molecular formula is C14H13BrN2O3. The Morgan fingerprint density at radius 3 is 2.70 bits per heavy atom. The first-order valence-corrected chi connectivity index (χ1v) is 6.74. The van der Waals surface area contributed by atoms with Gasteiger partial charge >= 0.3 is 0 Å². The molecule has 0 saturated carbocycles. The van der Waals surface area contributed by atoms with E-state index in [1.807, 2.05) is 25.1 Å². The second-order valence-corrected chi connectivity index (χ2v) is 4.99. The van der Waals surface area contributed by atoms with Crippen molar-refractivity contribution in [2.24, 2.45) is 0 Å². The lowest BCUT2D eigenvalue weighted by molar-refractivity contribution is -0.115. The van der Waals surface area contributed by atoms with Crippen LogP contribution in [0.5, 0.6) is 0 Å². The van der Waals surface area contributed by atoms with Gasteiger partial charge in [-0.15, -0.1) is 0 Å². The minimum absolute atomic E-state index is 0.120. The first-order chi connectivity index (χ1) is 9.54. The monoisotopic (exact) mass is 336 g/mol. The molecule has 0 bridgehead atoms. The summed E-state index contributed by atoms with van der Waals surface area (Å²) in [6.45, 7) is 1.82. The van der Waals surface area contributed by atoms with Gasteiger partial charge in [-0.3, -0.25) is 9.59 Å². The molecule has 0 saturated heterocycles. The smallest absolute Gasteiger partial charge is 0.287 e. The lowest BCUT2D eigenvalue weighted by atomic mass is 10.2. The topological polar surface area (TPSA) is 71.3 Å². The van der Waals surface area contributed by atoms with Gasteiger partial charge in [-0.05, 0) is 52.7 Å². The fourth-order valence-electron chi connectivity index (χ4n) is 1.61. The van der Waals surface area contributed by atoms with E-state index in [9.17, 15) is 9.59 Å². The standard InChI is InChI=1S/C14H13BrN2O3/c1-9-3-2-4-10(7-9)17-13(18)8-16-14(19)11-5-6-12(15)20-11/h2-7H,8H2,1H3,(H,16,19)(H,17,18). The van der Waals surface area contributed by atoms with E-state index in [4.69, 9.17) is 4.42 Å². The average Bonchev–Trinajstić information content (AvgIpc) is 2.83. The molecule has 20 heavy (non-hydrogen) atoms. The van der Waals surface area contributed by atoms with Gasteiger partial charge in [-0.1, -0.05) is 12.1 Å². The molecule has 2 aromatic rings. The fourth-order valence-corrected chi connectivity index (χ4v) is 1.92. The first kappa shape index (κ1) is 14.3. The minimum atomic E-state index is -0.435. The number of benzene rings is 1. The van der Waals surface area contributed by atoms with Crippen LogP contribution in [0.2, 0.25) is 0 Å². The van der Waals surface area contributed by atoms with Gasteiger partial charge in [0.15, 0.2) is 10.4 Å². The Morgan fingerprint density at radius 2 is 2.05 bits per heavy atom. The van der Waals surface area contributed by atoms with Gasteiger partial charge in [-0.25, -0.2) is 0 Å². The van der Waals surface area contributed by atoms with E-state index in [1.165, 1.54) is 6.07 Å². The Bertz CT molecular complexity index is 637. The molecule has 0 unspecified atom stereocenters. The number of aryl methyl sites for hydroxylation is 1. The largest absolute Gasteiger partial charge is 0.444 e. The molecule has 2 N–H and O–H groups in total. The highest BCUT2D eigenvalue weighted by molar-refractivity contribution is 9.10. The number of hydrogen-bond acceptors (Lipinski definition) is 3. The summed E-state index contributed by atoms with van der Waals surface area (Å²) in [6.07, 6.45) is 0. The van der Waals surface area contributed by atoms with Crippen molar-refractivity contribution in [1.29, 1.82) is 0 Å². The molecule has 2 rings (SSSR count). The number of amides is 2. The lowest BCUT2D eigenvalue weighted by Gasteiger charge is -2.06. The number of nitrogens with one attached hydrogen (secondary N) is 2. The molecule has 1 aromatic heterocycles. The van der Waals surface area contributed by atoms with Crippen LogP contribution in [0.25, 0.3) is 0 Å². The van der Waals surface area contributed by atoms with E-state index in [0.717, 1.165) is 5.56 Å². The zero-order valence-corrected chi connectivity index (χ0v) is 12.4. The second-order valence-electron chi connectivity index (χ2n) is 4.20. The zero-order valence-electron chi connectivity index (χ0n) is 10.8. The number of halogens is 1. The molecule has 104 valence electrons. The van der Waals surface area contributed by atoms with Gasteiger partial charge in [0.2, 0.25) is 5.91 Å². The van der Waals surface area contributed by atoms with E-state index in [1.54, 1.807) is 12.1 Å². The number of furan rings is 1. The van der Waals surface area contributed by atoms with Crippen LogP contribution in [0.15, 0.2) is 45.5 Å². The van der Waals surface area contributed by atoms with Crippen LogP contribution in [0.4, 0.5) is 5.69 Å². The molecule has 0 aliphatic heterocycles. The van der Waals surface area contributed by atoms with Crippen molar-refractivity contribution in [3.8, 4) is 0 Å². The summed E-state index contributed by atoms with van der Waals surface area (Å²) >= 11 is 3.11. The van der Waals surface area contributed by atoms with Crippen LogP contribution in [0.3, 0.4) is 0 Å². The van der Waals surface area contributed by atoms with Gasteiger partial charge in [0.25, 0.3) is 5.91 Å². The third-order valence-corrected chi connectivity index (χ3v) is 2.93. The van der Waals surface area contributed by atoms with E-state index in [0.29, 0.717) is 10.4 Å². The van der Waals surface area contributed by atoms with Crippen LogP contribution in [-0.2, 0) is 4.79 Å². The van der Waals surface area contributed by atoms with Crippen LogP contribution in [0.1, 0.15) is 16.1 Å². The van der Waals surface area contributed by atoms with Crippen molar-refractivity contribution in [3.63, 3.8) is 0 Å². The molecule has 6 heteroatoms. The number of hydrogen-bond donors (Lipinski definition) is 2. The Morgan fingerprint density at radius 1 is 1.25 bits per heavy atom.